The van der Waals surface area contributed by atoms with Crippen molar-refractivity contribution < 1.29 is 23.9 Å². The van der Waals surface area contributed by atoms with Crippen LogP contribution in [0.4, 0.5) is 0 Å². The molecule has 0 heterocycles. The Balaban J connectivity index is 2.92. The molecule has 1 aromatic rings. The van der Waals surface area contributed by atoms with Gasteiger partial charge in [-0.05, 0) is 6.92 Å². The lowest BCUT2D eigenvalue weighted by Gasteiger charge is -2.14. The summed E-state index contributed by atoms with van der Waals surface area (Å²) in [5.74, 6) is -2.16. The molecule has 0 spiro atoms. The van der Waals surface area contributed by atoms with Gasteiger partial charge < -0.3 is 9.47 Å². The van der Waals surface area contributed by atoms with Crippen LogP contribution in [-0.4, -0.2) is 30.4 Å². The Morgan fingerprint density at radius 1 is 1.17 bits per heavy atom. The number of hydrogen-bond acceptors (Lipinski definition) is 5. The van der Waals surface area contributed by atoms with Crippen LogP contribution in [0.1, 0.15) is 24.2 Å². The van der Waals surface area contributed by atoms with Crippen LogP contribution in [0.3, 0.4) is 0 Å². The molecular formula is C13H14O5. The van der Waals surface area contributed by atoms with Crippen LogP contribution in [-0.2, 0) is 19.1 Å². The first-order chi connectivity index (χ1) is 8.56. The highest BCUT2D eigenvalue weighted by Crippen LogP contribution is 2.08. The topological polar surface area (TPSA) is 69.7 Å². The summed E-state index contributed by atoms with van der Waals surface area (Å²) in [7, 11) is 0. The van der Waals surface area contributed by atoms with Gasteiger partial charge in [-0.25, -0.2) is 4.79 Å². The zero-order valence-corrected chi connectivity index (χ0v) is 10.2. The molecule has 5 nitrogen and oxygen atoms in total. The van der Waals surface area contributed by atoms with Gasteiger partial charge in [0.1, 0.15) is 0 Å². The summed E-state index contributed by atoms with van der Waals surface area (Å²) in [5.41, 5.74) is 0.289. The second kappa shape index (κ2) is 6.54. The summed E-state index contributed by atoms with van der Waals surface area (Å²) in [6.07, 6.45) is -1.54. The predicted octanol–water partition coefficient (Wildman–Crippen LogP) is 1.36. The molecule has 0 amide bonds. The summed E-state index contributed by atoms with van der Waals surface area (Å²) in [5, 5.41) is 0. The third kappa shape index (κ3) is 3.69. The van der Waals surface area contributed by atoms with Crippen molar-refractivity contribution in [2.45, 2.75) is 20.0 Å². The third-order valence-corrected chi connectivity index (χ3v) is 2.08. The molecule has 5 heteroatoms. The Labute approximate surface area is 105 Å². The fourth-order valence-electron chi connectivity index (χ4n) is 1.35. The van der Waals surface area contributed by atoms with E-state index >= 15 is 0 Å². The van der Waals surface area contributed by atoms with E-state index in [9.17, 15) is 14.4 Å². The van der Waals surface area contributed by atoms with Crippen molar-refractivity contribution >= 4 is 17.7 Å². The van der Waals surface area contributed by atoms with Crippen LogP contribution in [0.5, 0.6) is 0 Å². The van der Waals surface area contributed by atoms with Gasteiger partial charge in [0.15, 0.2) is 0 Å². The molecule has 1 rings (SSSR count). The van der Waals surface area contributed by atoms with Crippen molar-refractivity contribution in [3.63, 3.8) is 0 Å². The van der Waals surface area contributed by atoms with Crippen molar-refractivity contribution in [1.82, 2.24) is 0 Å². The molecule has 0 radical (unpaired) electrons. The Hall–Kier alpha value is -2.17. The molecule has 0 aliphatic heterocycles. The maximum atomic E-state index is 12.0. The van der Waals surface area contributed by atoms with Crippen molar-refractivity contribution in [2.24, 2.45) is 0 Å². The van der Waals surface area contributed by atoms with E-state index in [-0.39, 0.29) is 12.2 Å². The molecule has 0 aliphatic rings. The minimum Gasteiger partial charge on any atom is -0.463 e. The summed E-state index contributed by atoms with van der Waals surface area (Å²) in [6, 6.07) is 8.13. The standard InChI is InChI=1S/C13H14O5/c1-3-17-13(16)12(18-9(2)14)11(15)10-7-5-4-6-8-10/h4-8,12H,3H2,1-2H3. The molecule has 1 unspecified atom stereocenters. The van der Waals surface area contributed by atoms with E-state index in [0.717, 1.165) is 6.92 Å². The van der Waals surface area contributed by atoms with E-state index in [0.29, 0.717) is 0 Å². The summed E-state index contributed by atoms with van der Waals surface area (Å²) >= 11 is 0. The Morgan fingerprint density at radius 3 is 2.28 bits per heavy atom. The van der Waals surface area contributed by atoms with Crippen LogP contribution < -0.4 is 0 Å². The molecule has 18 heavy (non-hydrogen) atoms. The van der Waals surface area contributed by atoms with Gasteiger partial charge in [-0.15, -0.1) is 0 Å². The number of benzene rings is 1. The zero-order valence-electron chi connectivity index (χ0n) is 10.2. The van der Waals surface area contributed by atoms with Gasteiger partial charge in [-0.2, -0.15) is 0 Å². The lowest BCUT2D eigenvalue weighted by molar-refractivity contribution is -0.162. The minimum atomic E-state index is -1.54. The van der Waals surface area contributed by atoms with E-state index in [2.05, 4.69) is 0 Å². The molecule has 0 bridgehead atoms. The number of rotatable bonds is 5. The second-order valence-corrected chi connectivity index (χ2v) is 3.47. The highest BCUT2D eigenvalue weighted by Gasteiger charge is 2.31. The van der Waals surface area contributed by atoms with E-state index in [1.807, 2.05) is 0 Å². The zero-order chi connectivity index (χ0) is 13.5. The third-order valence-electron chi connectivity index (χ3n) is 2.08. The molecule has 0 saturated carbocycles. The Kier molecular flexibility index (Phi) is 5.05. The van der Waals surface area contributed by atoms with Gasteiger partial charge in [-0.3, -0.25) is 9.59 Å². The number of carbonyl (C=O) groups excluding carboxylic acids is 3. The van der Waals surface area contributed by atoms with Gasteiger partial charge in [0.05, 0.1) is 6.61 Å². The molecule has 0 fully saturated rings. The number of Topliss-reactive ketones (excluding diaryl/α,β-unsaturated/α-hetero) is 1. The monoisotopic (exact) mass is 250 g/mol. The van der Waals surface area contributed by atoms with E-state index in [1.165, 1.54) is 12.1 Å². The molecule has 96 valence electrons. The first-order valence-corrected chi connectivity index (χ1v) is 5.49. The molecule has 1 atom stereocenters. The van der Waals surface area contributed by atoms with Crippen LogP contribution >= 0.6 is 0 Å². The lowest BCUT2D eigenvalue weighted by Crippen LogP contribution is -2.36. The molecule has 0 N–H and O–H groups in total. The SMILES string of the molecule is CCOC(=O)C(OC(C)=O)C(=O)c1ccccc1. The fraction of sp³-hybridized carbons (Fsp3) is 0.308. The van der Waals surface area contributed by atoms with Gasteiger partial charge in [0, 0.05) is 12.5 Å². The largest absolute Gasteiger partial charge is 0.463 e. The quantitative estimate of drug-likeness (QED) is 0.448. The average Bonchev–Trinajstić information content (AvgIpc) is 2.36. The first kappa shape index (κ1) is 13.9. The molecule has 0 aromatic heterocycles. The molecule has 0 saturated heterocycles. The molecule has 0 aliphatic carbocycles. The van der Waals surface area contributed by atoms with Gasteiger partial charge in [0.25, 0.3) is 6.10 Å². The van der Waals surface area contributed by atoms with Gasteiger partial charge in [0.2, 0.25) is 5.78 Å². The Morgan fingerprint density at radius 2 is 1.78 bits per heavy atom. The molecule has 1 aromatic carbocycles. The molecular weight excluding hydrogens is 236 g/mol. The summed E-state index contributed by atoms with van der Waals surface area (Å²) in [4.78, 5) is 34.5. The van der Waals surface area contributed by atoms with E-state index in [4.69, 9.17) is 9.47 Å². The second-order valence-electron chi connectivity index (χ2n) is 3.47. The minimum absolute atomic E-state index is 0.110. The Bertz CT molecular complexity index is 438. The normalized spacial score (nSPS) is 11.4. The maximum absolute atomic E-state index is 12.0. The van der Waals surface area contributed by atoms with Crippen LogP contribution in [0.15, 0.2) is 30.3 Å². The van der Waals surface area contributed by atoms with E-state index in [1.54, 1.807) is 25.1 Å². The van der Waals surface area contributed by atoms with E-state index < -0.39 is 23.8 Å². The predicted molar refractivity (Wildman–Crippen MR) is 63.0 cm³/mol. The van der Waals surface area contributed by atoms with Crippen molar-refractivity contribution in [3.8, 4) is 0 Å². The highest BCUT2D eigenvalue weighted by molar-refractivity contribution is 6.12. The van der Waals surface area contributed by atoms with Gasteiger partial charge in [-0.1, -0.05) is 30.3 Å². The fourth-order valence-corrected chi connectivity index (χ4v) is 1.35. The number of esters is 2. The van der Waals surface area contributed by atoms with Crippen LogP contribution in [0.2, 0.25) is 0 Å². The van der Waals surface area contributed by atoms with Crippen LogP contribution in [0.25, 0.3) is 0 Å². The van der Waals surface area contributed by atoms with Crippen molar-refractivity contribution in [3.05, 3.63) is 35.9 Å². The summed E-state index contributed by atoms with van der Waals surface area (Å²) < 4.78 is 9.43. The smallest absolute Gasteiger partial charge is 0.355 e. The number of ether oxygens (including phenoxy) is 2. The number of ketones is 1. The average molecular weight is 250 g/mol. The van der Waals surface area contributed by atoms with Crippen molar-refractivity contribution in [1.29, 1.82) is 0 Å². The number of hydrogen-bond donors (Lipinski definition) is 0. The van der Waals surface area contributed by atoms with Crippen molar-refractivity contribution in [2.75, 3.05) is 6.61 Å². The lowest BCUT2D eigenvalue weighted by atomic mass is 10.1. The first-order valence-electron chi connectivity index (χ1n) is 5.49. The summed E-state index contributed by atoms with van der Waals surface area (Å²) in [6.45, 7) is 2.85. The highest BCUT2D eigenvalue weighted by atomic mass is 16.6. The van der Waals surface area contributed by atoms with Gasteiger partial charge >= 0.3 is 11.9 Å². The number of carbonyl (C=O) groups is 3. The maximum Gasteiger partial charge on any atom is 0.355 e. The van der Waals surface area contributed by atoms with Crippen LogP contribution in [0, 0.1) is 0 Å².